The summed E-state index contributed by atoms with van der Waals surface area (Å²) in [5, 5.41) is 23.6. The normalized spacial score (nSPS) is 12.0. The molecule has 0 amide bonds. The number of thiophene rings is 1. The molecule has 0 spiro atoms. The minimum atomic E-state index is -0.539. The van der Waals surface area contributed by atoms with Crippen LogP contribution in [0.5, 0.6) is 0 Å². The molecule has 0 saturated heterocycles. The first kappa shape index (κ1) is 12.7. The molecule has 2 aromatic rings. The lowest BCUT2D eigenvalue weighted by atomic mass is 10.1. The SMILES string of the molecule is N#Cc1csc(CNCC(O)c2ccncc2)c1. The van der Waals surface area contributed by atoms with Crippen LogP contribution in [0, 0.1) is 11.3 Å². The van der Waals surface area contributed by atoms with Gasteiger partial charge < -0.3 is 10.4 Å². The van der Waals surface area contributed by atoms with Gasteiger partial charge in [0.15, 0.2) is 0 Å². The van der Waals surface area contributed by atoms with Gasteiger partial charge in [-0.25, -0.2) is 0 Å². The molecule has 0 radical (unpaired) electrons. The van der Waals surface area contributed by atoms with Gasteiger partial charge >= 0.3 is 0 Å². The van der Waals surface area contributed by atoms with Gasteiger partial charge in [-0.15, -0.1) is 11.3 Å². The number of aromatic nitrogens is 1. The van der Waals surface area contributed by atoms with Crippen molar-refractivity contribution >= 4 is 11.3 Å². The highest BCUT2D eigenvalue weighted by molar-refractivity contribution is 7.10. The van der Waals surface area contributed by atoms with Gasteiger partial charge in [-0.2, -0.15) is 5.26 Å². The van der Waals surface area contributed by atoms with Crippen molar-refractivity contribution in [3.8, 4) is 6.07 Å². The second-order valence-electron chi connectivity index (χ2n) is 3.84. The highest BCUT2D eigenvalue weighted by atomic mass is 32.1. The molecule has 0 saturated carbocycles. The van der Waals surface area contributed by atoms with Crippen molar-refractivity contribution in [2.24, 2.45) is 0 Å². The number of aliphatic hydroxyl groups is 1. The lowest BCUT2D eigenvalue weighted by Gasteiger charge is -2.11. The smallest absolute Gasteiger partial charge is 0.100 e. The molecule has 1 atom stereocenters. The van der Waals surface area contributed by atoms with Crippen molar-refractivity contribution in [2.75, 3.05) is 6.54 Å². The van der Waals surface area contributed by atoms with E-state index in [9.17, 15) is 5.11 Å². The van der Waals surface area contributed by atoms with E-state index in [0.29, 0.717) is 18.7 Å². The Labute approximate surface area is 110 Å². The maximum absolute atomic E-state index is 9.91. The fourth-order valence-corrected chi connectivity index (χ4v) is 2.35. The number of nitrogens with zero attached hydrogens (tertiary/aromatic N) is 2. The summed E-state index contributed by atoms with van der Waals surface area (Å²) < 4.78 is 0. The van der Waals surface area contributed by atoms with Crippen LogP contribution >= 0.6 is 11.3 Å². The third-order valence-electron chi connectivity index (χ3n) is 2.51. The van der Waals surface area contributed by atoms with E-state index in [0.717, 1.165) is 10.4 Å². The van der Waals surface area contributed by atoms with Crippen LogP contribution in [0.25, 0.3) is 0 Å². The summed E-state index contributed by atoms with van der Waals surface area (Å²) in [6.07, 6.45) is 2.79. The highest BCUT2D eigenvalue weighted by Crippen LogP contribution is 2.14. The van der Waals surface area contributed by atoms with E-state index in [4.69, 9.17) is 5.26 Å². The Morgan fingerprint density at radius 1 is 1.44 bits per heavy atom. The standard InChI is InChI=1S/C13H13N3OS/c14-6-10-5-12(18-9-10)7-16-8-13(17)11-1-3-15-4-2-11/h1-5,9,13,16-17H,7-8H2. The maximum atomic E-state index is 9.91. The summed E-state index contributed by atoms with van der Waals surface area (Å²) in [6.45, 7) is 1.14. The van der Waals surface area contributed by atoms with Crippen LogP contribution in [0.2, 0.25) is 0 Å². The molecule has 2 rings (SSSR count). The number of rotatable bonds is 5. The van der Waals surface area contributed by atoms with E-state index in [2.05, 4.69) is 16.4 Å². The molecular weight excluding hydrogens is 246 g/mol. The molecule has 2 N–H and O–H groups in total. The summed E-state index contributed by atoms with van der Waals surface area (Å²) in [5.41, 5.74) is 1.54. The molecule has 0 bridgehead atoms. The van der Waals surface area contributed by atoms with Crippen LogP contribution in [-0.4, -0.2) is 16.6 Å². The Bertz CT molecular complexity index is 533. The molecule has 2 heterocycles. The Morgan fingerprint density at radius 2 is 2.22 bits per heavy atom. The van der Waals surface area contributed by atoms with Crippen LogP contribution in [0.15, 0.2) is 36.0 Å². The molecule has 92 valence electrons. The van der Waals surface area contributed by atoms with Crippen molar-refractivity contribution in [1.29, 1.82) is 5.26 Å². The number of nitriles is 1. The molecule has 4 nitrogen and oxygen atoms in total. The quantitative estimate of drug-likeness (QED) is 0.859. The third-order valence-corrected chi connectivity index (χ3v) is 3.45. The third kappa shape index (κ3) is 3.37. The van der Waals surface area contributed by atoms with Crippen LogP contribution in [0.1, 0.15) is 22.1 Å². The van der Waals surface area contributed by atoms with E-state index in [1.165, 1.54) is 0 Å². The molecule has 1 unspecified atom stereocenters. The number of pyridine rings is 1. The summed E-state index contributed by atoms with van der Waals surface area (Å²) in [6, 6.07) is 7.55. The van der Waals surface area contributed by atoms with Crippen LogP contribution in [0.4, 0.5) is 0 Å². The molecule has 0 aliphatic heterocycles. The van der Waals surface area contributed by atoms with E-state index in [-0.39, 0.29) is 0 Å². The molecule has 0 aliphatic rings. The molecule has 0 fully saturated rings. The molecule has 0 aromatic carbocycles. The predicted molar refractivity (Wildman–Crippen MR) is 69.9 cm³/mol. The van der Waals surface area contributed by atoms with E-state index in [1.807, 2.05) is 11.4 Å². The van der Waals surface area contributed by atoms with Crippen molar-refractivity contribution in [3.63, 3.8) is 0 Å². The molecule has 2 aromatic heterocycles. The average Bonchev–Trinajstić information content (AvgIpc) is 2.87. The first-order valence-corrected chi connectivity index (χ1v) is 6.44. The van der Waals surface area contributed by atoms with Gasteiger partial charge in [0.05, 0.1) is 11.7 Å². The van der Waals surface area contributed by atoms with Gasteiger partial charge in [0, 0.05) is 35.7 Å². The fraction of sp³-hybridized carbons (Fsp3) is 0.231. The Kier molecular flexibility index (Phi) is 4.42. The fourth-order valence-electron chi connectivity index (χ4n) is 1.57. The first-order valence-electron chi connectivity index (χ1n) is 5.56. The topological polar surface area (TPSA) is 68.9 Å². The monoisotopic (exact) mass is 259 g/mol. The first-order chi connectivity index (χ1) is 8.79. The summed E-state index contributed by atoms with van der Waals surface area (Å²) >= 11 is 1.54. The second kappa shape index (κ2) is 6.26. The maximum Gasteiger partial charge on any atom is 0.100 e. The lowest BCUT2D eigenvalue weighted by Crippen LogP contribution is -2.20. The number of hydrogen-bond donors (Lipinski definition) is 2. The van der Waals surface area contributed by atoms with Gasteiger partial charge in [0.25, 0.3) is 0 Å². The lowest BCUT2D eigenvalue weighted by molar-refractivity contribution is 0.174. The van der Waals surface area contributed by atoms with Gasteiger partial charge in [-0.1, -0.05) is 0 Å². The zero-order valence-electron chi connectivity index (χ0n) is 9.71. The number of hydrogen-bond acceptors (Lipinski definition) is 5. The molecule has 0 aliphatic carbocycles. The second-order valence-corrected chi connectivity index (χ2v) is 4.84. The number of aliphatic hydroxyl groups excluding tert-OH is 1. The summed E-state index contributed by atoms with van der Waals surface area (Å²) in [7, 11) is 0. The zero-order valence-corrected chi connectivity index (χ0v) is 10.5. The van der Waals surface area contributed by atoms with Gasteiger partial charge in [0.2, 0.25) is 0 Å². The van der Waals surface area contributed by atoms with Gasteiger partial charge in [-0.05, 0) is 23.8 Å². The van der Waals surface area contributed by atoms with Crippen LogP contribution < -0.4 is 5.32 Å². The molecular formula is C13H13N3OS. The summed E-state index contributed by atoms with van der Waals surface area (Å²) in [4.78, 5) is 5.00. The largest absolute Gasteiger partial charge is 0.387 e. The minimum absolute atomic E-state index is 0.476. The Morgan fingerprint density at radius 3 is 2.89 bits per heavy atom. The van der Waals surface area contributed by atoms with Crippen molar-refractivity contribution in [3.05, 3.63) is 52.0 Å². The van der Waals surface area contributed by atoms with Crippen molar-refractivity contribution < 1.29 is 5.11 Å². The van der Waals surface area contributed by atoms with E-state index < -0.39 is 6.10 Å². The van der Waals surface area contributed by atoms with Gasteiger partial charge in [-0.3, -0.25) is 4.98 Å². The number of nitrogens with one attached hydrogen (secondary N) is 1. The highest BCUT2D eigenvalue weighted by Gasteiger charge is 2.06. The van der Waals surface area contributed by atoms with Gasteiger partial charge in [0.1, 0.15) is 6.07 Å². The molecule has 5 heteroatoms. The van der Waals surface area contributed by atoms with Crippen LogP contribution in [-0.2, 0) is 6.54 Å². The van der Waals surface area contributed by atoms with E-state index in [1.54, 1.807) is 35.9 Å². The van der Waals surface area contributed by atoms with Crippen molar-refractivity contribution in [2.45, 2.75) is 12.6 Å². The summed E-state index contributed by atoms with van der Waals surface area (Å²) in [5.74, 6) is 0. The van der Waals surface area contributed by atoms with E-state index >= 15 is 0 Å². The molecule has 18 heavy (non-hydrogen) atoms. The van der Waals surface area contributed by atoms with Crippen molar-refractivity contribution in [1.82, 2.24) is 10.3 Å². The van der Waals surface area contributed by atoms with Crippen LogP contribution in [0.3, 0.4) is 0 Å². The predicted octanol–water partition coefficient (Wildman–Crippen LogP) is 1.84. The zero-order chi connectivity index (χ0) is 12.8. The minimum Gasteiger partial charge on any atom is -0.387 e. The Balaban J connectivity index is 1.80. The average molecular weight is 259 g/mol. The Hall–Kier alpha value is -1.74.